The number of halogens is 4. The maximum Gasteiger partial charge on any atom is 0.573 e. The number of aromatic nitrogens is 1. The zero-order valence-electron chi connectivity index (χ0n) is 17.9. The van der Waals surface area contributed by atoms with Crippen molar-refractivity contribution in [3.63, 3.8) is 0 Å². The summed E-state index contributed by atoms with van der Waals surface area (Å²) < 4.78 is 60.6. The van der Waals surface area contributed by atoms with Crippen molar-refractivity contribution in [1.82, 2.24) is 4.98 Å². The van der Waals surface area contributed by atoms with Crippen LogP contribution in [0.1, 0.15) is 17.2 Å². The number of methoxy groups -OCH3 is 1. The number of hydrogen-bond donors (Lipinski definition) is 1. The van der Waals surface area contributed by atoms with E-state index in [1.165, 1.54) is 49.8 Å². The Labute approximate surface area is 195 Å². The van der Waals surface area contributed by atoms with Crippen LogP contribution in [0, 0.1) is 5.82 Å². The van der Waals surface area contributed by atoms with E-state index in [1.54, 1.807) is 0 Å². The number of Topliss-reactive ketones (excluding diaryl/α,β-unsaturated/α-hetero) is 1. The first kappa shape index (κ1) is 23.7. The van der Waals surface area contributed by atoms with Gasteiger partial charge in [0.25, 0.3) is 11.7 Å². The molecule has 1 atom stereocenters. The number of alkyl halides is 3. The number of anilines is 1. The first-order valence-electron chi connectivity index (χ1n) is 10.0. The lowest BCUT2D eigenvalue weighted by Crippen LogP contribution is -2.29. The fourth-order valence-corrected chi connectivity index (χ4v) is 3.78. The van der Waals surface area contributed by atoms with E-state index in [1.807, 2.05) is 0 Å². The van der Waals surface area contributed by atoms with E-state index in [-0.39, 0.29) is 22.6 Å². The van der Waals surface area contributed by atoms with Crippen LogP contribution in [0.15, 0.2) is 72.6 Å². The molecule has 2 aromatic carbocycles. The number of rotatable bonds is 5. The highest BCUT2D eigenvalue weighted by Crippen LogP contribution is 2.43. The molecule has 7 nitrogen and oxygen atoms in total. The number of carbonyl (C=O) groups excluding carboxylic acids is 2. The predicted molar refractivity (Wildman–Crippen MR) is 115 cm³/mol. The molecule has 1 aliphatic rings. The lowest BCUT2D eigenvalue weighted by Gasteiger charge is -2.25. The molecule has 1 fully saturated rings. The number of pyridine rings is 1. The molecule has 2 heterocycles. The van der Waals surface area contributed by atoms with Gasteiger partial charge in [0.05, 0.1) is 24.3 Å². The molecule has 180 valence electrons. The van der Waals surface area contributed by atoms with Gasteiger partial charge in [0, 0.05) is 18.1 Å². The Bertz CT molecular complexity index is 1310. The third kappa shape index (κ3) is 4.65. The molecule has 1 amide bonds. The van der Waals surface area contributed by atoms with Gasteiger partial charge >= 0.3 is 6.36 Å². The number of amides is 1. The summed E-state index contributed by atoms with van der Waals surface area (Å²) in [5.41, 5.74) is -0.0837. The number of carbonyl (C=O) groups is 2. The van der Waals surface area contributed by atoms with Crippen molar-refractivity contribution in [2.45, 2.75) is 12.4 Å². The summed E-state index contributed by atoms with van der Waals surface area (Å²) >= 11 is 0. The van der Waals surface area contributed by atoms with Gasteiger partial charge in [0.2, 0.25) is 0 Å². The normalized spacial score (nSPS) is 17.5. The maximum absolute atomic E-state index is 14.0. The molecule has 1 N–H and O–H groups in total. The van der Waals surface area contributed by atoms with Crippen LogP contribution in [-0.2, 0) is 9.59 Å². The fourth-order valence-electron chi connectivity index (χ4n) is 3.78. The number of ether oxygens (including phenoxy) is 2. The third-order valence-electron chi connectivity index (χ3n) is 5.23. The first-order chi connectivity index (χ1) is 16.6. The van der Waals surface area contributed by atoms with Crippen LogP contribution >= 0.6 is 0 Å². The highest BCUT2D eigenvalue weighted by Gasteiger charge is 2.47. The van der Waals surface area contributed by atoms with E-state index in [0.717, 1.165) is 29.2 Å². The summed E-state index contributed by atoms with van der Waals surface area (Å²) in [5, 5.41) is 11.1. The molecule has 0 saturated carbocycles. The topological polar surface area (TPSA) is 89.0 Å². The minimum Gasteiger partial charge on any atom is -0.507 e. The van der Waals surface area contributed by atoms with Gasteiger partial charge in [0.15, 0.2) is 0 Å². The average molecular weight is 488 g/mol. The van der Waals surface area contributed by atoms with E-state index < -0.39 is 41.4 Å². The quantitative estimate of drug-likeness (QED) is 0.241. The fraction of sp³-hybridized carbons (Fsp3) is 0.125. The highest BCUT2D eigenvalue weighted by atomic mass is 19.4. The second kappa shape index (κ2) is 9.09. The Morgan fingerprint density at radius 1 is 1.03 bits per heavy atom. The molecule has 11 heteroatoms. The second-order valence-electron chi connectivity index (χ2n) is 7.34. The second-order valence-corrected chi connectivity index (χ2v) is 7.34. The number of benzene rings is 2. The largest absolute Gasteiger partial charge is 0.573 e. The molecule has 1 aromatic heterocycles. The molecule has 1 unspecified atom stereocenters. The molecule has 3 aromatic rings. The summed E-state index contributed by atoms with van der Waals surface area (Å²) in [4.78, 5) is 31.1. The smallest absolute Gasteiger partial charge is 0.507 e. The Morgan fingerprint density at radius 2 is 1.69 bits per heavy atom. The van der Waals surface area contributed by atoms with Crippen molar-refractivity contribution in [3.8, 4) is 11.5 Å². The maximum atomic E-state index is 14.0. The predicted octanol–water partition coefficient (Wildman–Crippen LogP) is 4.75. The van der Waals surface area contributed by atoms with Crippen molar-refractivity contribution in [3.05, 3.63) is 89.5 Å². The van der Waals surface area contributed by atoms with Crippen LogP contribution in [-0.4, -0.2) is 35.3 Å². The Balaban J connectivity index is 1.88. The monoisotopic (exact) mass is 488 g/mol. The van der Waals surface area contributed by atoms with E-state index in [9.17, 15) is 32.3 Å². The van der Waals surface area contributed by atoms with Crippen molar-refractivity contribution in [1.29, 1.82) is 0 Å². The lowest BCUT2D eigenvalue weighted by atomic mass is 9.95. The minimum absolute atomic E-state index is 0.0530. The molecular formula is C24H16F4N2O5. The minimum atomic E-state index is -4.91. The zero-order chi connectivity index (χ0) is 25.3. The zero-order valence-corrected chi connectivity index (χ0v) is 17.9. The highest BCUT2D eigenvalue weighted by molar-refractivity contribution is 6.51. The van der Waals surface area contributed by atoms with Gasteiger partial charge in [-0.15, -0.1) is 13.2 Å². The van der Waals surface area contributed by atoms with Crippen molar-refractivity contribution < 1.29 is 41.7 Å². The van der Waals surface area contributed by atoms with Crippen LogP contribution in [0.5, 0.6) is 11.5 Å². The number of ketones is 1. The van der Waals surface area contributed by atoms with E-state index >= 15 is 0 Å². The summed E-state index contributed by atoms with van der Waals surface area (Å²) in [6, 6.07) is 9.42. The third-order valence-corrected chi connectivity index (χ3v) is 5.23. The van der Waals surface area contributed by atoms with Crippen LogP contribution < -0.4 is 14.4 Å². The average Bonchev–Trinajstić information content (AvgIpc) is 3.09. The van der Waals surface area contributed by atoms with Crippen LogP contribution in [0.25, 0.3) is 5.76 Å². The van der Waals surface area contributed by atoms with Gasteiger partial charge in [-0.1, -0.05) is 0 Å². The molecule has 0 spiro atoms. The molecule has 1 saturated heterocycles. The molecule has 35 heavy (non-hydrogen) atoms. The van der Waals surface area contributed by atoms with E-state index in [0.29, 0.717) is 5.56 Å². The van der Waals surface area contributed by atoms with Gasteiger partial charge in [-0.3, -0.25) is 19.5 Å². The van der Waals surface area contributed by atoms with Gasteiger partial charge in [0.1, 0.15) is 23.1 Å². The van der Waals surface area contributed by atoms with Gasteiger partial charge in [-0.2, -0.15) is 0 Å². The number of aliphatic hydroxyl groups is 1. The number of aliphatic hydroxyl groups excluding tert-OH is 1. The van der Waals surface area contributed by atoms with Crippen LogP contribution in [0.2, 0.25) is 0 Å². The molecule has 0 bridgehead atoms. The van der Waals surface area contributed by atoms with Crippen molar-refractivity contribution in [2.75, 3.05) is 12.0 Å². The summed E-state index contributed by atoms with van der Waals surface area (Å²) in [6.45, 7) is 0. The van der Waals surface area contributed by atoms with E-state index in [4.69, 9.17) is 4.74 Å². The number of hydrogen-bond acceptors (Lipinski definition) is 6. The standard InChI is InChI=1S/C24H16F4N2O5/c1-34-18-7-2-14(25)12-17(18)21(31)19-20(13-8-10-29-11-9-13)30(23(33)22(19)32)15-3-5-16(6-4-15)35-24(26,27)28/h2-12,20,31H,1H3/b21-19+. The Morgan fingerprint density at radius 3 is 2.29 bits per heavy atom. The molecule has 4 rings (SSSR count). The van der Waals surface area contributed by atoms with Crippen LogP contribution in [0.4, 0.5) is 23.2 Å². The van der Waals surface area contributed by atoms with Crippen molar-refractivity contribution in [2.24, 2.45) is 0 Å². The molecule has 1 aliphatic heterocycles. The summed E-state index contributed by atoms with van der Waals surface area (Å²) in [7, 11) is 1.29. The Kier molecular flexibility index (Phi) is 6.16. The summed E-state index contributed by atoms with van der Waals surface area (Å²) in [5.74, 6) is -4.00. The SMILES string of the molecule is COc1ccc(F)cc1/C(O)=C1\C(=O)C(=O)N(c2ccc(OC(F)(F)F)cc2)C1c1ccncc1. The van der Waals surface area contributed by atoms with Gasteiger partial charge in [-0.05, 0) is 60.2 Å². The lowest BCUT2D eigenvalue weighted by molar-refractivity contribution is -0.274. The summed E-state index contributed by atoms with van der Waals surface area (Å²) in [6.07, 6.45) is -2.11. The Hall–Kier alpha value is -4.41. The van der Waals surface area contributed by atoms with Crippen LogP contribution in [0.3, 0.4) is 0 Å². The number of nitrogens with zero attached hydrogens (tertiary/aromatic N) is 2. The molecular weight excluding hydrogens is 472 g/mol. The van der Waals surface area contributed by atoms with E-state index in [2.05, 4.69) is 9.72 Å². The first-order valence-corrected chi connectivity index (χ1v) is 10.0. The molecule has 0 radical (unpaired) electrons. The molecule has 0 aliphatic carbocycles. The van der Waals surface area contributed by atoms with Crippen molar-refractivity contribution >= 4 is 23.1 Å². The van der Waals surface area contributed by atoms with Gasteiger partial charge < -0.3 is 14.6 Å². The van der Waals surface area contributed by atoms with Gasteiger partial charge in [-0.25, -0.2) is 4.39 Å².